The van der Waals surface area contributed by atoms with Gasteiger partial charge in [0.25, 0.3) is 10.1 Å². The van der Waals surface area contributed by atoms with E-state index in [1.807, 2.05) is 6.92 Å². The Balaban J connectivity index is 4.18. The zero-order valence-electron chi connectivity index (χ0n) is 6.16. The van der Waals surface area contributed by atoms with Gasteiger partial charge in [0.2, 0.25) is 0 Å². The number of hydrogen-bond acceptors (Lipinski definition) is 2. The van der Waals surface area contributed by atoms with E-state index < -0.39 is 10.1 Å². The average Bonchev–Trinajstić information content (AvgIpc) is 1.59. The van der Waals surface area contributed by atoms with E-state index in [-0.39, 0.29) is 0 Å². The Kier molecular flexibility index (Phi) is 3.60. The summed E-state index contributed by atoms with van der Waals surface area (Å²) in [6.45, 7) is 3.62. The molecule has 0 bridgehead atoms. The van der Waals surface area contributed by atoms with E-state index in [0.29, 0.717) is 12.0 Å². The molecule has 0 saturated carbocycles. The van der Waals surface area contributed by atoms with E-state index in [1.54, 1.807) is 6.92 Å². The zero-order chi connectivity index (χ0) is 8.20. The molecule has 0 aromatic heterocycles. The van der Waals surface area contributed by atoms with Crippen molar-refractivity contribution in [2.75, 3.05) is 0 Å². The lowest BCUT2D eigenvalue weighted by Gasteiger charge is -1.93. The molecule has 0 aliphatic rings. The third-order valence-corrected chi connectivity index (χ3v) is 1.69. The predicted octanol–water partition coefficient (Wildman–Crippen LogP) is 1.58. The van der Waals surface area contributed by atoms with Crippen LogP contribution in [0.5, 0.6) is 0 Å². The molecule has 0 radical (unpaired) electrons. The lowest BCUT2D eigenvalue weighted by Crippen LogP contribution is -1.91. The summed E-state index contributed by atoms with van der Waals surface area (Å²) in [5, 5.41) is 0.885. The molecule has 60 valence electrons. The molecule has 0 fully saturated rings. The molecule has 1 N–H and O–H groups in total. The fourth-order valence-corrected chi connectivity index (χ4v) is 1.33. The molecule has 0 aliphatic carbocycles. The minimum absolute atomic E-state index is 0.685. The van der Waals surface area contributed by atoms with Crippen molar-refractivity contribution in [1.82, 2.24) is 0 Å². The van der Waals surface area contributed by atoms with Gasteiger partial charge in [-0.05, 0) is 13.3 Å². The first-order chi connectivity index (χ1) is 4.45. The molecule has 0 aliphatic heterocycles. The zero-order valence-corrected chi connectivity index (χ0v) is 6.98. The summed E-state index contributed by atoms with van der Waals surface area (Å²) in [5.74, 6) is 0. The van der Waals surface area contributed by atoms with Crippen molar-refractivity contribution in [2.45, 2.75) is 26.7 Å². The lowest BCUT2D eigenvalue weighted by atomic mass is 10.2. The molecular formula is C6H12O3S. The first-order valence-electron chi connectivity index (χ1n) is 3.10. The largest absolute Gasteiger partial charge is 0.287 e. The van der Waals surface area contributed by atoms with Crippen molar-refractivity contribution < 1.29 is 13.0 Å². The maximum absolute atomic E-state index is 10.2. The van der Waals surface area contributed by atoms with Gasteiger partial charge in [0.1, 0.15) is 0 Å². The van der Waals surface area contributed by atoms with Gasteiger partial charge in [-0.2, -0.15) is 8.42 Å². The molecule has 0 saturated heterocycles. The Morgan fingerprint density at radius 3 is 2.40 bits per heavy atom. The van der Waals surface area contributed by atoms with Crippen LogP contribution in [0.1, 0.15) is 26.7 Å². The average molecular weight is 164 g/mol. The van der Waals surface area contributed by atoms with Crippen molar-refractivity contribution in [3.8, 4) is 0 Å². The van der Waals surface area contributed by atoms with Crippen LogP contribution in [0.3, 0.4) is 0 Å². The van der Waals surface area contributed by atoms with Crippen LogP contribution in [-0.4, -0.2) is 13.0 Å². The molecule has 0 unspecified atom stereocenters. The maximum Gasteiger partial charge on any atom is 0.287 e. The van der Waals surface area contributed by atoms with Gasteiger partial charge in [0.05, 0.1) is 5.41 Å². The van der Waals surface area contributed by atoms with Crippen molar-refractivity contribution >= 4 is 10.1 Å². The van der Waals surface area contributed by atoms with Crippen LogP contribution >= 0.6 is 0 Å². The fourth-order valence-electron chi connectivity index (χ4n) is 0.708. The van der Waals surface area contributed by atoms with Crippen LogP contribution in [0.25, 0.3) is 0 Å². The van der Waals surface area contributed by atoms with Gasteiger partial charge in [0.15, 0.2) is 0 Å². The highest BCUT2D eigenvalue weighted by molar-refractivity contribution is 7.88. The van der Waals surface area contributed by atoms with Crippen molar-refractivity contribution in [3.63, 3.8) is 0 Å². The van der Waals surface area contributed by atoms with Crippen LogP contribution < -0.4 is 0 Å². The van der Waals surface area contributed by atoms with Crippen molar-refractivity contribution in [3.05, 3.63) is 11.0 Å². The van der Waals surface area contributed by atoms with Gasteiger partial charge >= 0.3 is 0 Å². The quantitative estimate of drug-likeness (QED) is 0.644. The first kappa shape index (κ1) is 9.65. The second kappa shape index (κ2) is 3.73. The second-order valence-corrected chi connectivity index (χ2v) is 3.49. The summed E-state index contributed by atoms with van der Waals surface area (Å²) in [5.41, 5.74) is 0.685. The predicted molar refractivity (Wildman–Crippen MR) is 40.2 cm³/mol. The Morgan fingerprint density at radius 2 is 2.10 bits per heavy atom. The van der Waals surface area contributed by atoms with Crippen molar-refractivity contribution in [1.29, 1.82) is 0 Å². The van der Waals surface area contributed by atoms with Crippen LogP contribution in [0, 0.1) is 0 Å². The van der Waals surface area contributed by atoms with E-state index >= 15 is 0 Å². The fraction of sp³-hybridized carbons (Fsp3) is 0.667. The minimum atomic E-state index is -3.91. The summed E-state index contributed by atoms with van der Waals surface area (Å²) >= 11 is 0. The topological polar surface area (TPSA) is 54.4 Å². The van der Waals surface area contributed by atoms with Crippen LogP contribution in [-0.2, 0) is 10.1 Å². The molecule has 3 nitrogen and oxygen atoms in total. The van der Waals surface area contributed by atoms with Crippen LogP contribution in [0.15, 0.2) is 11.0 Å². The first-order valence-corrected chi connectivity index (χ1v) is 4.60. The highest BCUT2D eigenvalue weighted by Crippen LogP contribution is 2.04. The Hall–Kier alpha value is -0.350. The third kappa shape index (κ3) is 5.78. The molecule has 0 spiro atoms. The van der Waals surface area contributed by atoms with Gasteiger partial charge in [-0.25, -0.2) is 0 Å². The Labute approximate surface area is 61.5 Å². The summed E-state index contributed by atoms with van der Waals surface area (Å²) in [4.78, 5) is 0. The van der Waals surface area contributed by atoms with Gasteiger partial charge in [-0.1, -0.05) is 18.9 Å². The SMILES string of the molecule is CCC/C(C)=C/S(=O)(=O)O. The van der Waals surface area contributed by atoms with Crippen LogP contribution in [0.4, 0.5) is 0 Å². The van der Waals surface area contributed by atoms with Gasteiger partial charge < -0.3 is 0 Å². The van der Waals surface area contributed by atoms with E-state index in [9.17, 15) is 8.42 Å². The van der Waals surface area contributed by atoms with E-state index in [4.69, 9.17) is 4.55 Å². The Bertz CT molecular complexity index is 213. The third-order valence-electron chi connectivity index (χ3n) is 0.994. The Morgan fingerprint density at radius 1 is 1.60 bits per heavy atom. The molecule has 0 aromatic rings. The maximum atomic E-state index is 10.2. The van der Waals surface area contributed by atoms with E-state index in [1.165, 1.54) is 0 Å². The lowest BCUT2D eigenvalue weighted by molar-refractivity contribution is 0.494. The molecule has 0 heterocycles. The standard InChI is InChI=1S/C6H12O3S/c1-3-4-6(2)5-10(7,8)9/h5H,3-4H2,1-2H3,(H,7,8,9)/b6-5+. The second-order valence-electron chi connectivity index (χ2n) is 2.23. The molecule has 0 aromatic carbocycles. The summed E-state index contributed by atoms with van der Waals surface area (Å²) in [6, 6.07) is 0. The number of rotatable bonds is 3. The highest BCUT2D eigenvalue weighted by atomic mass is 32.2. The molecular weight excluding hydrogens is 152 g/mol. The number of hydrogen-bond donors (Lipinski definition) is 1. The van der Waals surface area contributed by atoms with Crippen molar-refractivity contribution in [2.24, 2.45) is 0 Å². The van der Waals surface area contributed by atoms with Gasteiger partial charge in [-0.3, -0.25) is 4.55 Å². The molecule has 0 atom stereocenters. The van der Waals surface area contributed by atoms with E-state index in [0.717, 1.165) is 11.8 Å². The van der Waals surface area contributed by atoms with Gasteiger partial charge in [-0.15, -0.1) is 0 Å². The summed E-state index contributed by atoms with van der Waals surface area (Å²) in [7, 11) is -3.91. The molecule has 4 heteroatoms. The molecule has 0 amide bonds. The summed E-state index contributed by atoms with van der Waals surface area (Å²) < 4.78 is 28.7. The number of allylic oxidation sites excluding steroid dienone is 1. The normalized spacial score (nSPS) is 13.7. The highest BCUT2D eigenvalue weighted by Gasteiger charge is 1.98. The summed E-state index contributed by atoms with van der Waals surface area (Å²) in [6.07, 6.45) is 1.59. The smallest absolute Gasteiger partial charge is 0.282 e. The van der Waals surface area contributed by atoms with Gasteiger partial charge in [0, 0.05) is 0 Å². The molecule has 0 rings (SSSR count). The van der Waals surface area contributed by atoms with E-state index in [2.05, 4.69) is 0 Å². The minimum Gasteiger partial charge on any atom is -0.282 e. The van der Waals surface area contributed by atoms with Crippen LogP contribution in [0.2, 0.25) is 0 Å². The monoisotopic (exact) mass is 164 g/mol. The molecule has 10 heavy (non-hydrogen) atoms.